The van der Waals surface area contributed by atoms with Crippen LogP contribution in [0, 0.1) is 11.3 Å². The average Bonchev–Trinajstić information content (AvgIpc) is 3.16. The summed E-state index contributed by atoms with van der Waals surface area (Å²) in [5.74, 6) is 2.08. The van der Waals surface area contributed by atoms with Crippen molar-refractivity contribution in [2.45, 2.75) is 32.1 Å². The van der Waals surface area contributed by atoms with Crippen LogP contribution in [-0.2, 0) is 4.79 Å². The van der Waals surface area contributed by atoms with Crippen LogP contribution in [0.1, 0.15) is 32.1 Å². The molecular formula is C14H24N4O. The van der Waals surface area contributed by atoms with Crippen LogP contribution >= 0.6 is 0 Å². The van der Waals surface area contributed by atoms with E-state index in [0.29, 0.717) is 6.42 Å². The summed E-state index contributed by atoms with van der Waals surface area (Å²) in [6.45, 7) is 3.89. The summed E-state index contributed by atoms with van der Waals surface area (Å²) < 4.78 is 0. The summed E-state index contributed by atoms with van der Waals surface area (Å²) in [6, 6.07) is 0. The van der Waals surface area contributed by atoms with E-state index in [4.69, 9.17) is 0 Å². The number of carbonyl (C=O) groups excluding carboxylic acids is 1. The Morgan fingerprint density at radius 3 is 3.05 bits per heavy atom. The standard InChI is InChI=1S/C14H24N4O/c1-15-13(16-8-11-3-4-11)18-6-2-5-14(10-18)7-12(19)17-9-14/h11H,2-10H2,1H3,(H,15,16)(H,17,19). The van der Waals surface area contributed by atoms with Gasteiger partial charge in [-0.1, -0.05) is 0 Å². The molecule has 0 aromatic heterocycles. The van der Waals surface area contributed by atoms with Gasteiger partial charge in [0.25, 0.3) is 0 Å². The molecule has 5 nitrogen and oxygen atoms in total. The SMILES string of the molecule is CN=C(NCC1CC1)N1CCCC2(CNC(=O)C2)C1. The molecule has 2 N–H and O–H groups in total. The monoisotopic (exact) mass is 264 g/mol. The van der Waals surface area contributed by atoms with Crippen molar-refractivity contribution in [3.8, 4) is 0 Å². The topological polar surface area (TPSA) is 56.7 Å². The molecule has 0 aromatic carbocycles. The molecular weight excluding hydrogens is 240 g/mol. The Hall–Kier alpha value is -1.26. The van der Waals surface area contributed by atoms with Crippen molar-refractivity contribution in [2.75, 3.05) is 33.2 Å². The highest BCUT2D eigenvalue weighted by molar-refractivity contribution is 5.81. The van der Waals surface area contributed by atoms with E-state index in [1.165, 1.54) is 12.8 Å². The maximum Gasteiger partial charge on any atom is 0.220 e. The summed E-state index contributed by atoms with van der Waals surface area (Å²) in [7, 11) is 1.86. The summed E-state index contributed by atoms with van der Waals surface area (Å²) in [4.78, 5) is 18.3. The van der Waals surface area contributed by atoms with E-state index in [1.807, 2.05) is 7.05 Å². The van der Waals surface area contributed by atoms with E-state index < -0.39 is 0 Å². The molecule has 3 fully saturated rings. The highest BCUT2D eigenvalue weighted by atomic mass is 16.1. The highest BCUT2D eigenvalue weighted by Crippen LogP contribution is 2.36. The normalized spacial score (nSPS) is 31.7. The van der Waals surface area contributed by atoms with Gasteiger partial charge < -0.3 is 15.5 Å². The molecule has 1 amide bonds. The highest BCUT2D eigenvalue weighted by Gasteiger charge is 2.42. The molecule has 1 saturated carbocycles. The molecule has 106 valence electrons. The van der Waals surface area contributed by atoms with Gasteiger partial charge in [-0.15, -0.1) is 0 Å². The molecule has 3 rings (SSSR count). The zero-order chi connectivity index (χ0) is 13.3. The van der Waals surface area contributed by atoms with Gasteiger partial charge in [0, 0.05) is 45.1 Å². The van der Waals surface area contributed by atoms with Gasteiger partial charge in [0.1, 0.15) is 0 Å². The van der Waals surface area contributed by atoms with Crippen LogP contribution in [0.2, 0.25) is 0 Å². The van der Waals surface area contributed by atoms with Crippen LogP contribution in [0.3, 0.4) is 0 Å². The van der Waals surface area contributed by atoms with Crippen molar-refractivity contribution in [1.29, 1.82) is 0 Å². The average molecular weight is 264 g/mol. The number of carbonyl (C=O) groups is 1. The minimum Gasteiger partial charge on any atom is -0.356 e. The quantitative estimate of drug-likeness (QED) is 0.566. The molecule has 1 spiro atoms. The van der Waals surface area contributed by atoms with Crippen molar-refractivity contribution in [1.82, 2.24) is 15.5 Å². The fraction of sp³-hybridized carbons (Fsp3) is 0.857. The molecule has 5 heteroatoms. The number of rotatable bonds is 2. The molecule has 2 saturated heterocycles. The second-order valence-electron chi connectivity index (χ2n) is 6.35. The van der Waals surface area contributed by atoms with E-state index in [1.54, 1.807) is 0 Å². The molecule has 1 aliphatic carbocycles. The number of hydrogen-bond acceptors (Lipinski definition) is 2. The molecule has 0 radical (unpaired) electrons. The summed E-state index contributed by atoms with van der Waals surface area (Å²) in [5.41, 5.74) is 0.145. The van der Waals surface area contributed by atoms with Gasteiger partial charge in [-0.3, -0.25) is 9.79 Å². The number of guanidine groups is 1. The van der Waals surface area contributed by atoms with Gasteiger partial charge in [-0.25, -0.2) is 0 Å². The fourth-order valence-electron chi connectivity index (χ4n) is 3.32. The van der Waals surface area contributed by atoms with Crippen molar-refractivity contribution in [2.24, 2.45) is 16.3 Å². The smallest absolute Gasteiger partial charge is 0.220 e. The van der Waals surface area contributed by atoms with Crippen LogP contribution < -0.4 is 10.6 Å². The van der Waals surface area contributed by atoms with Crippen LogP contribution in [0.15, 0.2) is 4.99 Å². The van der Waals surface area contributed by atoms with Crippen LogP contribution in [-0.4, -0.2) is 50.0 Å². The molecule has 2 aliphatic heterocycles. The van der Waals surface area contributed by atoms with Crippen LogP contribution in [0.5, 0.6) is 0 Å². The Morgan fingerprint density at radius 1 is 1.58 bits per heavy atom. The summed E-state index contributed by atoms with van der Waals surface area (Å²) >= 11 is 0. The zero-order valence-electron chi connectivity index (χ0n) is 11.7. The van der Waals surface area contributed by atoms with Crippen LogP contribution in [0.4, 0.5) is 0 Å². The lowest BCUT2D eigenvalue weighted by Gasteiger charge is -2.40. The lowest BCUT2D eigenvalue weighted by Crippen LogP contribution is -2.51. The third kappa shape index (κ3) is 2.85. The molecule has 0 bridgehead atoms. The number of aliphatic imine (C=N–C) groups is 1. The van der Waals surface area contributed by atoms with Crippen molar-refractivity contribution in [3.05, 3.63) is 0 Å². The predicted octanol–water partition coefficient (Wildman–Crippen LogP) is 0.574. The Balaban J connectivity index is 1.61. The van der Waals surface area contributed by atoms with Crippen LogP contribution in [0.25, 0.3) is 0 Å². The third-order valence-corrected chi connectivity index (χ3v) is 4.61. The van der Waals surface area contributed by atoms with E-state index in [9.17, 15) is 4.79 Å². The lowest BCUT2D eigenvalue weighted by atomic mass is 9.79. The maximum atomic E-state index is 11.5. The summed E-state index contributed by atoms with van der Waals surface area (Å²) in [5, 5.41) is 6.48. The van der Waals surface area contributed by atoms with E-state index >= 15 is 0 Å². The Kier molecular flexibility index (Phi) is 3.37. The largest absolute Gasteiger partial charge is 0.356 e. The van der Waals surface area contributed by atoms with Gasteiger partial charge >= 0.3 is 0 Å². The number of amides is 1. The molecule has 1 atom stereocenters. The maximum absolute atomic E-state index is 11.5. The Bertz CT molecular complexity index is 391. The molecule has 19 heavy (non-hydrogen) atoms. The number of piperidine rings is 1. The third-order valence-electron chi connectivity index (χ3n) is 4.61. The van der Waals surface area contributed by atoms with Gasteiger partial charge in [0.05, 0.1) is 0 Å². The minimum absolute atomic E-state index is 0.145. The van der Waals surface area contributed by atoms with E-state index in [0.717, 1.165) is 50.9 Å². The first kappa shape index (κ1) is 12.8. The number of hydrogen-bond donors (Lipinski definition) is 2. The molecule has 1 unspecified atom stereocenters. The number of nitrogens with zero attached hydrogens (tertiary/aromatic N) is 2. The van der Waals surface area contributed by atoms with E-state index in [-0.39, 0.29) is 11.3 Å². The second-order valence-corrected chi connectivity index (χ2v) is 6.35. The van der Waals surface area contributed by atoms with Crippen molar-refractivity contribution in [3.63, 3.8) is 0 Å². The first-order valence-corrected chi connectivity index (χ1v) is 7.43. The molecule has 2 heterocycles. The molecule has 0 aromatic rings. The lowest BCUT2D eigenvalue weighted by molar-refractivity contribution is -0.119. The Morgan fingerprint density at radius 2 is 2.42 bits per heavy atom. The Labute approximate surface area is 114 Å². The van der Waals surface area contributed by atoms with Crippen molar-refractivity contribution >= 4 is 11.9 Å². The van der Waals surface area contributed by atoms with Gasteiger partial charge in [0.15, 0.2) is 5.96 Å². The number of nitrogens with one attached hydrogen (secondary N) is 2. The van der Waals surface area contributed by atoms with Gasteiger partial charge in [-0.05, 0) is 31.6 Å². The van der Waals surface area contributed by atoms with Crippen molar-refractivity contribution < 1.29 is 4.79 Å². The van der Waals surface area contributed by atoms with Gasteiger partial charge in [0.2, 0.25) is 5.91 Å². The second kappa shape index (κ2) is 5.02. The molecule has 3 aliphatic rings. The first-order chi connectivity index (χ1) is 9.21. The fourth-order valence-corrected chi connectivity index (χ4v) is 3.32. The predicted molar refractivity (Wildman–Crippen MR) is 75.0 cm³/mol. The van der Waals surface area contributed by atoms with Gasteiger partial charge in [-0.2, -0.15) is 0 Å². The first-order valence-electron chi connectivity index (χ1n) is 7.43. The zero-order valence-corrected chi connectivity index (χ0v) is 11.7. The number of likely N-dealkylation sites (tertiary alicyclic amines) is 1. The minimum atomic E-state index is 0.145. The van der Waals surface area contributed by atoms with E-state index in [2.05, 4.69) is 20.5 Å². The summed E-state index contributed by atoms with van der Waals surface area (Å²) in [6.07, 6.45) is 5.70.